The molecule has 0 aromatic carbocycles. The molecule has 2 rings (SSSR count). The number of pyridine rings is 1. The summed E-state index contributed by atoms with van der Waals surface area (Å²) in [6, 6.07) is 2.00. The molecule has 88 valence electrons. The second kappa shape index (κ2) is 4.93. The molecule has 0 radical (unpaired) electrons. The van der Waals surface area contributed by atoms with E-state index in [1.54, 1.807) is 12.4 Å². The van der Waals surface area contributed by atoms with Gasteiger partial charge in [-0.25, -0.2) is 0 Å². The summed E-state index contributed by atoms with van der Waals surface area (Å²) in [5.74, 6) is 0.216. The average Bonchev–Trinajstić information content (AvgIpc) is 2.76. The maximum atomic E-state index is 10.3. The fraction of sp³-hybridized carbons (Fsp3) is 0.615. The van der Waals surface area contributed by atoms with Gasteiger partial charge in [-0.2, -0.15) is 0 Å². The van der Waals surface area contributed by atoms with Crippen LogP contribution in [-0.4, -0.2) is 22.8 Å². The minimum atomic E-state index is -0.445. The van der Waals surface area contributed by atoms with Crippen molar-refractivity contribution in [2.45, 2.75) is 38.9 Å². The van der Waals surface area contributed by atoms with Crippen LogP contribution in [0.25, 0.3) is 0 Å². The van der Waals surface area contributed by atoms with E-state index in [1.807, 2.05) is 13.0 Å². The molecule has 16 heavy (non-hydrogen) atoms. The van der Waals surface area contributed by atoms with E-state index in [0.29, 0.717) is 0 Å². The molecular weight excluding hydrogens is 202 g/mol. The van der Waals surface area contributed by atoms with Crippen molar-refractivity contribution in [3.05, 3.63) is 29.6 Å². The number of hydrogen-bond acceptors (Lipinski definition) is 3. The molecule has 0 amide bonds. The minimum Gasteiger partial charge on any atom is -0.388 e. The van der Waals surface area contributed by atoms with Crippen LogP contribution in [0.5, 0.6) is 0 Å². The molecule has 0 saturated carbocycles. The Morgan fingerprint density at radius 1 is 1.56 bits per heavy atom. The van der Waals surface area contributed by atoms with Crippen molar-refractivity contribution >= 4 is 0 Å². The van der Waals surface area contributed by atoms with Crippen LogP contribution in [0.1, 0.15) is 37.0 Å². The lowest BCUT2D eigenvalue weighted by Gasteiger charge is -2.22. The van der Waals surface area contributed by atoms with E-state index >= 15 is 0 Å². The van der Waals surface area contributed by atoms with Crippen molar-refractivity contribution in [1.82, 2.24) is 4.98 Å². The Labute approximate surface area is 96.5 Å². The number of hydrogen-bond donors (Lipinski definition) is 1. The topological polar surface area (TPSA) is 42.4 Å². The maximum Gasteiger partial charge on any atom is 0.0858 e. The summed E-state index contributed by atoms with van der Waals surface area (Å²) in [4.78, 5) is 4.13. The quantitative estimate of drug-likeness (QED) is 0.851. The van der Waals surface area contributed by atoms with Gasteiger partial charge >= 0.3 is 0 Å². The van der Waals surface area contributed by atoms with E-state index in [1.165, 1.54) is 0 Å². The molecule has 0 bridgehead atoms. The largest absolute Gasteiger partial charge is 0.388 e. The molecule has 3 nitrogen and oxygen atoms in total. The average molecular weight is 221 g/mol. The summed E-state index contributed by atoms with van der Waals surface area (Å²) in [6.45, 7) is 4.86. The summed E-state index contributed by atoms with van der Waals surface area (Å²) < 4.78 is 5.61. The van der Waals surface area contributed by atoms with Gasteiger partial charge in [-0.15, -0.1) is 0 Å². The van der Waals surface area contributed by atoms with Crippen LogP contribution in [0.15, 0.2) is 18.5 Å². The summed E-state index contributed by atoms with van der Waals surface area (Å²) in [6.07, 6.45) is 5.20. The highest BCUT2D eigenvalue weighted by Gasteiger charge is 2.33. The van der Waals surface area contributed by atoms with Crippen molar-refractivity contribution in [3.63, 3.8) is 0 Å². The molecule has 1 N–H and O–H groups in total. The fourth-order valence-corrected chi connectivity index (χ4v) is 2.43. The molecule has 1 saturated heterocycles. The predicted octanol–water partition coefficient (Wildman–Crippen LogP) is 2.24. The van der Waals surface area contributed by atoms with Gasteiger partial charge in [-0.3, -0.25) is 4.98 Å². The Hall–Kier alpha value is -0.930. The molecule has 3 heteroatoms. The number of rotatable bonds is 3. The highest BCUT2D eigenvalue weighted by atomic mass is 16.5. The van der Waals surface area contributed by atoms with Crippen LogP contribution in [0.2, 0.25) is 0 Å². The van der Waals surface area contributed by atoms with Gasteiger partial charge < -0.3 is 9.84 Å². The Kier molecular flexibility index (Phi) is 3.56. The van der Waals surface area contributed by atoms with Crippen molar-refractivity contribution in [1.29, 1.82) is 0 Å². The first-order valence-corrected chi connectivity index (χ1v) is 5.93. The molecule has 3 atom stereocenters. The molecule has 0 spiro atoms. The Bertz CT molecular complexity index is 354. The van der Waals surface area contributed by atoms with Crippen molar-refractivity contribution in [2.75, 3.05) is 6.61 Å². The minimum absolute atomic E-state index is 0.190. The molecule has 1 aromatic heterocycles. The monoisotopic (exact) mass is 221 g/mol. The zero-order valence-electron chi connectivity index (χ0n) is 9.89. The van der Waals surface area contributed by atoms with Gasteiger partial charge in [0.25, 0.3) is 0 Å². The number of aromatic nitrogens is 1. The third kappa shape index (κ3) is 2.25. The first kappa shape index (κ1) is 11.6. The maximum absolute atomic E-state index is 10.3. The number of aryl methyl sites for hydroxylation is 1. The fourth-order valence-electron chi connectivity index (χ4n) is 2.43. The smallest absolute Gasteiger partial charge is 0.0858 e. The van der Waals surface area contributed by atoms with Crippen LogP contribution in [0.4, 0.5) is 0 Å². The molecule has 1 aliphatic heterocycles. The van der Waals surface area contributed by atoms with Gasteiger partial charge in [0.1, 0.15) is 0 Å². The van der Waals surface area contributed by atoms with Crippen LogP contribution in [0, 0.1) is 12.8 Å². The third-order valence-corrected chi connectivity index (χ3v) is 3.31. The first-order chi connectivity index (χ1) is 7.72. The second-order valence-corrected chi connectivity index (χ2v) is 4.51. The van der Waals surface area contributed by atoms with E-state index in [4.69, 9.17) is 4.74 Å². The zero-order valence-corrected chi connectivity index (χ0v) is 9.89. The van der Waals surface area contributed by atoms with Crippen LogP contribution < -0.4 is 0 Å². The molecule has 2 heterocycles. The highest BCUT2D eigenvalue weighted by Crippen LogP contribution is 2.34. The SMILES string of the molecule is CCC1OCCC1C(O)c1cncc(C)c1. The van der Waals surface area contributed by atoms with Gasteiger partial charge in [-0.05, 0) is 30.9 Å². The Balaban J connectivity index is 2.15. The van der Waals surface area contributed by atoms with Gasteiger partial charge in [-0.1, -0.05) is 13.0 Å². The van der Waals surface area contributed by atoms with Gasteiger partial charge in [0.05, 0.1) is 12.2 Å². The second-order valence-electron chi connectivity index (χ2n) is 4.51. The van der Waals surface area contributed by atoms with Gasteiger partial charge in [0.15, 0.2) is 0 Å². The van der Waals surface area contributed by atoms with Crippen molar-refractivity contribution in [2.24, 2.45) is 5.92 Å². The Morgan fingerprint density at radius 2 is 2.38 bits per heavy atom. The third-order valence-electron chi connectivity index (χ3n) is 3.31. The highest BCUT2D eigenvalue weighted by molar-refractivity contribution is 5.20. The summed E-state index contributed by atoms with van der Waals surface area (Å²) >= 11 is 0. The number of aliphatic hydroxyl groups is 1. The van der Waals surface area contributed by atoms with Crippen LogP contribution in [-0.2, 0) is 4.74 Å². The van der Waals surface area contributed by atoms with Crippen molar-refractivity contribution < 1.29 is 9.84 Å². The van der Waals surface area contributed by atoms with Crippen molar-refractivity contribution in [3.8, 4) is 0 Å². The number of aliphatic hydroxyl groups excluding tert-OH is 1. The molecule has 1 aliphatic rings. The van der Waals surface area contributed by atoms with E-state index in [9.17, 15) is 5.11 Å². The van der Waals surface area contributed by atoms with Crippen LogP contribution >= 0.6 is 0 Å². The summed E-state index contributed by atoms with van der Waals surface area (Å²) in [7, 11) is 0. The molecule has 3 unspecified atom stereocenters. The van der Waals surface area contributed by atoms with E-state index < -0.39 is 6.10 Å². The Morgan fingerprint density at radius 3 is 3.06 bits per heavy atom. The van der Waals surface area contributed by atoms with Gasteiger partial charge in [0.2, 0.25) is 0 Å². The predicted molar refractivity (Wildman–Crippen MR) is 62.1 cm³/mol. The van der Waals surface area contributed by atoms with E-state index in [2.05, 4.69) is 11.9 Å². The molecular formula is C13H19NO2. The van der Waals surface area contributed by atoms with Crippen LogP contribution in [0.3, 0.4) is 0 Å². The summed E-state index contributed by atoms with van der Waals surface area (Å²) in [5, 5.41) is 10.3. The first-order valence-electron chi connectivity index (χ1n) is 5.93. The zero-order chi connectivity index (χ0) is 11.5. The lowest BCUT2D eigenvalue weighted by atomic mass is 9.89. The lowest BCUT2D eigenvalue weighted by Crippen LogP contribution is -2.22. The molecule has 1 fully saturated rings. The number of ether oxygens (including phenoxy) is 1. The van der Waals surface area contributed by atoms with E-state index in [0.717, 1.165) is 30.6 Å². The molecule has 0 aliphatic carbocycles. The lowest BCUT2D eigenvalue weighted by molar-refractivity contribution is 0.0306. The normalized spacial score (nSPS) is 26.9. The molecule has 1 aromatic rings. The van der Waals surface area contributed by atoms with E-state index in [-0.39, 0.29) is 12.0 Å². The standard InChI is InChI=1S/C13H19NO2/c1-3-12-11(4-5-16-12)13(15)10-6-9(2)7-14-8-10/h6-8,11-13,15H,3-5H2,1-2H3. The van der Waals surface area contributed by atoms with Gasteiger partial charge in [0, 0.05) is 24.9 Å². The summed E-state index contributed by atoms with van der Waals surface area (Å²) in [5.41, 5.74) is 2.00. The number of nitrogens with zero attached hydrogens (tertiary/aromatic N) is 1.